The van der Waals surface area contributed by atoms with Crippen LogP contribution in [0, 0.1) is 0 Å². The topological polar surface area (TPSA) is 192 Å². The summed E-state index contributed by atoms with van der Waals surface area (Å²) >= 11 is 0. The number of aryl methyl sites for hydroxylation is 1. The van der Waals surface area contributed by atoms with E-state index in [1.807, 2.05) is 30.3 Å². The van der Waals surface area contributed by atoms with E-state index in [0.29, 0.717) is 165 Å². The van der Waals surface area contributed by atoms with Gasteiger partial charge in [0.1, 0.15) is 6.61 Å². The standard InChI is InChI=1S/C58H81N7O12/c1-5-64(6-2)49-17-18-53(51(43-49)54-42-47(19-20-59-54)57(68)60-52-16-10-12-45-11-7-8-15-50(45)52)61-56(67)46-13-9-14-48(41-46)58(69)62(3)21-22-63-23-25-65(26-24-63)55(66)44-77-40-39-76-38-37-75-36-35-74-34-33-73-32-31-72-30-29-71-28-27-70-4/h7-9,11,13-15,17-20,41-43,52H,5-6,10,12,16,21-40,44H2,1-4H3,(H,60,68)(H,61,67). The number of hydrogen-bond acceptors (Lipinski definition) is 15. The summed E-state index contributed by atoms with van der Waals surface area (Å²) < 4.78 is 43.3. The number of methoxy groups -OCH3 is 1. The highest BCUT2D eigenvalue weighted by atomic mass is 16.6. The molecule has 3 aromatic carbocycles. The SMILES string of the molecule is CCN(CC)c1ccc(NC(=O)c2cccc(C(=O)N(C)CCN3CCN(C(=O)COCCOCCOCCOCCOCCOCCOCCOC)CC3)c2)c(-c2cc(C(=O)NC3CCCc4ccccc43)ccn2)c1. The van der Waals surface area contributed by atoms with E-state index in [4.69, 9.17) is 37.9 Å². The number of nitrogens with one attached hydrogen (secondary N) is 2. The lowest BCUT2D eigenvalue weighted by Gasteiger charge is -2.35. The van der Waals surface area contributed by atoms with Gasteiger partial charge in [0, 0.05) is 101 Å². The van der Waals surface area contributed by atoms with Crippen LogP contribution in [0.15, 0.2) is 85.1 Å². The summed E-state index contributed by atoms with van der Waals surface area (Å²) in [7, 11) is 3.39. The predicted octanol–water partition coefficient (Wildman–Crippen LogP) is 5.63. The molecule has 1 fully saturated rings. The zero-order chi connectivity index (χ0) is 54.5. The number of fused-ring (bicyclic) bond motifs is 1. The molecule has 1 atom stereocenters. The van der Waals surface area contributed by atoms with Crippen LogP contribution in [0.3, 0.4) is 0 Å². The number of benzene rings is 3. The highest BCUT2D eigenvalue weighted by molar-refractivity contribution is 6.08. The Balaban J connectivity index is 0.866. The van der Waals surface area contributed by atoms with Crippen LogP contribution in [-0.4, -0.2) is 209 Å². The Bertz CT molecular complexity index is 2420. The normalized spacial score (nSPS) is 14.5. The molecule has 1 saturated heterocycles. The second-order valence-corrected chi connectivity index (χ2v) is 18.7. The van der Waals surface area contributed by atoms with Crippen molar-refractivity contribution in [1.82, 2.24) is 25.0 Å². The fraction of sp³-hybridized carbons (Fsp3) is 0.534. The van der Waals surface area contributed by atoms with Crippen LogP contribution >= 0.6 is 0 Å². The van der Waals surface area contributed by atoms with Crippen molar-refractivity contribution in [2.24, 2.45) is 0 Å². The maximum Gasteiger partial charge on any atom is 0.255 e. The lowest BCUT2D eigenvalue weighted by atomic mass is 9.87. The van der Waals surface area contributed by atoms with Crippen LogP contribution in [0.1, 0.15) is 74.9 Å². The fourth-order valence-electron chi connectivity index (χ4n) is 9.04. The largest absolute Gasteiger partial charge is 0.382 e. The first-order chi connectivity index (χ1) is 37.7. The Morgan fingerprint density at radius 1 is 0.649 bits per heavy atom. The van der Waals surface area contributed by atoms with Crippen molar-refractivity contribution >= 4 is 35.0 Å². The van der Waals surface area contributed by atoms with Gasteiger partial charge in [0.15, 0.2) is 0 Å². The van der Waals surface area contributed by atoms with E-state index in [2.05, 4.69) is 51.4 Å². The van der Waals surface area contributed by atoms with Crippen molar-refractivity contribution in [2.45, 2.75) is 39.2 Å². The fourth-order valence-corrected chi connectivity index (χ4v) is 9.04. The van der Waals surface area contributed by atoms with Gasteiger partial charge in [0.25, 0.3) is 17.7 Å². The molecule has 1 aromatic heterocycles. The summed E-state index contributed by atoms with van der Waals surface area (Å²) in [4.78, 5) is 66.9. The van der Waals surface area contributed by atoms with Crippen LogP contribution < -0.4 is 15.5 Å². The van der Waals surface area contributed by atoms with Crippen molar-refractivity contribution in [3.8, 4) is 11.3 Å². The van der Waals surface area contributed by atoms with E-state index in [1.54, 1.807) is 66.6 Å². The third kappa shape index (κ3) is 20.1. The second kappa shape index (κ2) is 34.1. The number of carbonyl (C=O) groups excluding carboxylic acids is 4. The number of nitrogens with zero attached hydrogens (tertiary/aromatic N) is 5. The van der Waals surface area contributed by atoms with Gasteiger partial charge < -0.3 is 63.2 Å². The minimum Gasteiger partial charge on any atom is -0.382 e. The van der Waals surface area contributed by atoms with Crippen molar-refractivity contribution in [2.75, 3.05) is 176 Å². The Kier molecular flexibility index (Phi) is 26.7. The molecule has 77 heavy (non-hydrogen) atoms. The molecule has 0 radical (unpaired) electrons. The number of rotatable bonds is 35. The van der Waals surface area contributed by atoms with Crippen molar-refractivity contribution in [3.05, 3.63) is 113 Å². The number of amides is 4. The van der Waals surface area contributed by atoms with Gasteiger partial charge in [-0.15, -0.1) is 0 Å². The summed E-state index contributed by atoms with van der Waals surface area (Å²) in [5, 5.41) is 6.34. The molecule has 6 rings (SSSR count). The molecule has 0 bridgehead atoms. The molecule has 2 N–H and O–H groups in total. The summed E-state index contributed by atoms with van der Waals surface area (Å²) in [6.07, 6.45) is 4.50. The van der Waals surface area contributed by atoms with E-state index >= 15 is 0 Å². The Morgan fingerprint density at radius 2 is 1.25 bits per heavy atom. The predicted molar refractivity (Wildman–Crippen MR) is 295 cm³/mol. The summed E-state index contributed by atoms with van der Waals surface area (Å²) in [6.45, 7) is 15.9. The van der Waals surface area contributed by atoms with Crippen LogP contribution in [-0.2, 0) is 49.1 Å². The Morgan fingerprint density at radius 3 is 1.88 bits per heavy atom. The number of aromatic nitrogens is 1. The molecule has 0 saturated carbocycles. The quantitative estimate of drug-likeness (QED) is 0.0539. The van der Waals surface area contributed by atoms with Crippen LogP contribution in [0.25, 0.3) is 11.3 Å². The third-order valence-corrected chi connectivity index (χ3v) is 13.4. The maximum atomic E-state index is 14.0. The van der Waals surface area contributed by atoms with E-state index in [-0.39, 0.29) is 36.3 Å². The van der Waals surface area contributed by atoms with E-state index in [9.17, 15) is 19.2 Å². The highest BCUT2D eigenvalue weighted by Gasteiger charge is 2.25. The number of likely N-dealkylation sites (N-methyl/N-ethyl adjacent to an activating group) is 1. The van der Waals surface area contributed by atoms with Crippen LogP contribution in [0.5, 0.6) is 0 Å². The lowest BCUT2D eigenvalue weighted by molar-refractivity contribution is -0.138. The molecular weight excluding hydrogens is 987 g/mol. The van der Waals surface area contributed by atoms with Crippen LogP contribution in [0.2, 0.25) is 0 Å². The van der Waals surface area contributed by atoms with E-state index in [0.717, 1.165) is 43.6 Å². The van der Waals surface area contributed by atoms with Gasteiger partial charge in [-0.25, -0.2) is 0 Å². The number of hydrogen-bond donors (Lipinski definition) is 2. The van der Waals surface area contributed by atoms with Crippen molar-refractivity contribution in [1.29, 1.82) is 0 Å². The number of ether oxygens (including phenoxy) is 8. The molecule has 2 aliphatic rings. The Hall–Kier alpha value is -5.87. The maximum absolute atomic E-state index is 14.0. The summed E-state index contributed by atoms with van der Waals surface area (Å²) in [6, 6.07) is 24.2. The third-order valence-electron chi connectivity index (χ3n) is 13.4. The zero-order valence-electron chi connectivity index (χ0n) is 45.7. The second-order valence-electron chi connectivity index (χ2n) is 18.7. The molecule has 2 heterocycles. The molecule has 0 spiro atoms. The van der Waals surface area contributed by atoms with E-state index < -0.39 is 0 Å². The average molecular weight is 1070 g/mol. The summed E-state index contributed by atoms with van der Waals surface area (Å²) in [5.41, 5.74) is 6.30. The van der Waals surface area contributed by atoms with Gasteiger partial charge in [-0.05, 0) is 92.8 Å². The van der Waals surface area contributed by atoms with E-state index in [1.165, 1.54) is 5.56 Å². The Labute approximate surface area is 454 Å². The first kappa shape index (κ1) is 60.4. The number of carbonyl (C=O) groups is 4. The van der Waals surface area contributed by atoms with Gasteiger partial charge in [-0.2, -0.15) is 0 Å². The monoisotopic (exact) mass is 1070 g/mol. The van der Waals surface area contributed by atoms with Crippen molar-refractivity contribution < 1.29 is 57.1 Å². The molecule has 4 aromatic rings. The molecule has 19 nitrogen and oxygen atoms in total. The van der Waals surface area contributed by atoms with Crippen molar-refractivity contribution in [3.63, 3.8) is 0 Å². The molecule has 1 aliphatic carbocycles. The van der Waals surface area contributed by atoms with Gasteiger partial charge in [0.2, 0.25) is 5.91 Å². The number of piperazine rings is 1. The number of anilines is 2. The molecule has 1 aliphatic heterocycles. The molecule has 19 heteroatoms. The highest BCUT2D eigenvalue weighted by Crippen LogP contribution is 2.33. The molecule has 4 amide bonds. The lowest BCUT2D eigenvalue weighted by Crippen LogP contribution is -2.51. The van der Waals surface area contributed by atoms with Crippen LogP contribution in [0.4, 0.5) is 11.4 Å². The zero-order valence-corrected chi connectivity index (χ0v) is 45.7. The minimum atomic E-state index is -0.386. The van der Waals surface area contributed by atoms with Gasteiger partial charge in [0.05, 0.1) is 110 Å². The first-order valence-corrected chi connectivity index (χ1v) is 27.1. The average Bonchev–Trinajstić information content (AvgIpc) is 3.47. The minimum absolute atomic E-state index is 0.0153. The van der Waals surface area contributed by atoms with Gasteiger partial charge in [-0.1, -0.05) is 30.3 Å². The van der Waals surface area contributed by atoms with Gasteiger partial charge in [-0.3, -0.25) is 29.1 Å². The molecule has 1 unspecified atom stereocenters. The smallest absolute Gasteiger partial charge is 0.255 e. The molecule has 420 valence electrons. The number of pyridine rings is 1. The first-order valence-electron chi connectivity index (χ1n) is 27.1. The molecular formula is C58H81N7O12. The summed E-state index contributed by atoms with van der Waals surface area (Å²) in [5.74, 6) is -0.847. The van der Waals surface area contributed by atoms with Gasteiger partial charge >= 0.3 is 0 Å².